The van der Waals surface area contributed by atoms with Crippen LogP contribution in [0.2, 0.25) is 0 Å². The van der Waals surface area contributed by atoms with Crippen molar-refractivity contribution in [1.82, 2.24) is 0 Å². The summed E-state index contributed by atoms with van der Waals surface area (Å²) in [6, 6.07) is 24.1. The van der Waals surface area contributed by atoms with Crippen LogP contribution in [0.4, 0.5) is 5.69 Å². The molecule has 0 bridgehead atoms. The number of methoxy groups -OCH3 is 1. The van der Waals surface area contributed by atoms with E-state index in [9.17, 15) is 4.79 Å². The lowest BCUT2D eigenvalue weighted by atomic mass is 9.95. The predicted octanol–water partition coefficient (Wildman–Crippen LogP) is 8.01. The molecule has 0 saturated carbocycles. The van der Waals surface area contributed by atoms with Crippen LogP contribution >= 0.6 is 0 Å². The maximum atomic E-state index is 12.9. The predicted molar refractivity (Wildman–Crippen MR) is 150 cm³/mol. The van der Waals surface area contributed by atoms with E-state index in [2.05, 4.69) is 41.7 Å². The second-order valence-electron chi connectivity index (χ2n) is 8.92. The van der Waals surface area contributed by atoms with Crippen molar-refractivity contribution >= 4 is 38.9 Å². The molecule has 1 aromatic heterocycles. The third kappa shape index (κ3) is 4.68. The zero-order valence-corrected chi connectivity index (χ0v) is 21.4. The highest BCUT2D eigenvalue weighted by Gasteiger charge is 2.19. The quantitative estimate of drug-likeness (QED) is 0.234. The lowest BCUT2D eigenvalue weighted by Crippen LogP contribution is -2.10. The summed E-state index contributed by atoms with van der Waals surface area (Å²) in [5.41, 5.74) is 6.00. The van der Waals surface area contributed by atoms with E-state index in [0.717, 1.165) is 38.8 Å². The average Bonchev–Trinajstić information content (AvgIpc) is 3.34. The number of hydrogen-bond acceptors (Lipinski definition) is 4. The molecule has 1 amide bonds. The summed E-state index contributed by atoms with van der Waals surface area (Å²) in [6.45, 7) is 6.36. The largest absolute Gasteiger partial charge is 0.495 e. The summed E-state index contributed by atoms with van der Waals surface area (Å²) in [6.07, 6.45) is 3.39. The summed E-state index contributed by atoms with van der Waals surface area (Å²) in [5, 5.41) is 6.25. The van der Waals surface area contributed by atoms with Gasteiger partial charge in [-0.25, -0.2) is 0 Å². The Morgan fingerprint density at radius 1 is 1.00 bits per heavy atom. The molecular weight excluding hydrogens is 462 g/mol. The number of furan rings is 1. The molecule has 0 fully saturated rings. The number of amides is 1. The molecule has 5 heteroatoms. The van der Waals surface area contributed by atoms with Crippen LogP contribution in [0.3, 0.4) is 0 Å². The SMILES string of the molecule is CCOc1c(/C(C)=C/C(=O)Nc2ccccc2OC)cc2c(-c3ccc4ccccc4c3)coc2c1C. The number of benzene rings is 4. The first kappa shape index (κ1) is 24.2. The number of anilines is 1. The van der Waals surface area contributed by atoms with Gasteiger partial charge in [-0.2, -0.15) is 0 Å². The summed E-state index contributed by atoms with van der Waals surface area (Å²) < 4.78 is 17.5. The summed E-state index contributed by atoms with van der Waals surface area (Å²) in [5.74, 6) is 1.07. The fourth-order valence-electron chi connectivity index (χ4n) is 4.71. The third-order valence-corrected chi connectivity index (χ3v) is 6.53. The van der Waals surface area contributed by atoms with Crippen LogP contribution in [0.1, 0.15) is 25.0 Å². The van der Waals surface area contributed by atoms with E-state index in [-0.39, 0.29) is 5.91 Å². The van der Waals surface area contributed by atoms with E-state index in [1.807, 2.05) is 57.2 Å². The summed E-state index contributed by atoms with van der Waals surface area (Å²) in [7, 11) is 1.58. The van der Waals surface area contributed by atoms with Crippen molar-refractivity contribution in [3.63, 3.8) is 0 Å². The van der Waals surface area contributed by atoms with Gasteiger partial charge in [-0.05, 0) is 66.9 Å². The molecule has 37 heavy (non-hydrogen) atoms. The molecule has 4 aromatic carbocycles. The van der Waals surface area contributed by atoms with E-state index in [4.69, 9.17) is 13.9 Å². The molecule has 0 spiro atoms. The van der Waals surface area contributed by atoms with Gasteiger partial charge in [0.25, 0.3) is 0 Å². The third-order valence-electron chi connectivity index (χ3n) is 6.53. The minimum atomic E-state index is -0.246. The van der Waals surface area contributed by atoms with Crippen molar-refractivity contribution in [2.75, 3.05) is 19.0 Å². The number of allylic oxidation sites excluding steroid dienone is 1. The highest BCUT2D eigenvalue weighted by atomic mass is 16.5. The van der Waals surface area contributed by atoms with Gasteiger partial charge in [0.05, 0.1) is 25.7 Å². The van der Waals surface area contributed by atoms with Gasteiger partial charge in [0, 0.05) is 28.2 Å². The zero-order chi connectivity index (χ0) is 25.9. The summed E-state index contributed by atoms with van der Waals surface area (Å²) >= 11 is 0. The number of carbonyl (C=O) groups is 1. The Hall–Kier alpha value is -4.51. The molecule has 5 rings (SSSR count). The Morgan fingerprint density at radius 3 is 2.54 bits per heavy atom. The number of aryl methyl sites for hydroxylation is 1. The highest BCUT2D eigenvalue weighted by molar-refractivity contribution is 6.06. The molecule has 0 atom stereocenters. The average molecular weight is 492 g/mol. The second-order valence-corrected chi connectivity index (χ2v) is 8.92. The Morgan fingerprint density at radius 2 is 1.76 bits per heavy atom. The Bertz CT molecular complexity index is 1640. The lowest BCUT2D eigenvalue weighted by molar-refractivity contribution is -0.111. The zero-order valence-electron chi connectivity index (χ0n) is 21.4. The Kier molecular flexibility index (Phi) is 6.69. The molecule has 0 radical (unpaired) electrons. The van der Waals surface area contributed by atoms with E-state index in [1.54, 1.807) is 19.4 Å². The molecule has 5 nitrogen and oxygen atoms in total. The number of ether oxygens (including phenoxy) is 2. The lowest BCUT2D eigenvalue weighted by Gasteiger charge is -2.15. The van der Waals surface area contributed by atoms with Crippen LogP contribution in [-0.4, -0.2) is 19.6 Å². The molecule has 5 aromatic rings. The fourth-order valence-corrected chi connectivity index (χ4v) is 4.71. The van der Waals surface area contributed by atoms with Crippen LogP contribution in [-0.2, 0) is 4.79 Å². The fraction of sp³-hybridized carbons (Fsp3) is 0.156. The van der Waals surface area contributed by atoms with Gasteiger partial charge in [0.1, 0.15) is 17.1 Å². The smallest absolute Gasteiger partial charge is 0.248 e. The van der Waals surface area contributed by atoms with Crippen molar-refractivity contribution in [3.05, 3.63) is 96.3 Å². The molecular formula is C32H29NO4. The van der Waals surface area contributed by atoms with Crippen molar-refractivity contribution in [3.8, 4) is 22.6 Å². The first-order valence-corrected chi connectivity index (χ1v) is 12.3. The van der Waals surface area contributed by atoms with Gasteiger partial charge >= 0.3 is 0 Å². The van der Waals surface area contributed by atoms with Gasteiger partial charge in [-0.15, -0.1) is 0 Å². The highest BCUT2D eigenvalue weighted by Crippen LogP contribution is 2.41. The van der Waals surface area contributed by atoms with Gasteiger partial charge in [-0.3, -0.25) is 4.79 Å². The minimum absolute atomic E-state index is 0.246. The first-order chi connectivity index (χ1) is 18.0. The normalized spacial score (nSPS) is 11.6. The molecule has 0 unspecified atom stereocenters. The minimum Gasteiger partial charge on any atom is -0.495 e. The number of carbonyl (C=O) groups excluding carboxylic acids is 1. The number of para-hydroxylation sites is 2. The van der Waals surface area contributed by atoms with Crippen molar-refractivity contribution in [2.45, 2.75) is 20.8 Å². The van der Waals surface area contributed by atoms with Gasteiger partial charge in [0.2, 0.25) is 5.91 Å². The molecule has 0 aliphatic heterocycles. The molecule has 0 saturated heterocycles. The molecule has 186 valence electrons. The van der Waals surface area contributed by atoms with Crippen molar-refractivity contribution in [2.24, 2.45) is 0 Å². The Labute approximate surface area is 216 Å². The molecule has 1 N–H and O–H groups in total. The number of nitrogens with one attached hydrogen (secondary N) is 1. The number of rotatable bonds is 7. The number of fused-ring (bicyclic) bond motifs is 2. The number of hydrogen-bond donors (Lipinski definition) is 1. The van der Waals surface area contributed by atoms with Gasteiger partial charge in [0.15, 0.2) is 0 Å². The maximum Gasteiger partial charge on any atom is 0.248 e. The maximum absolute atomic E-state index is 12.9. The van der Waals surface area contributed by atoms with Gasteiger partial charge in [-0.1, -0.05) is 48.5 Å². The second kappa shape index (κ2) is 10.2. The molecule has 1 heterocycles. The van der Waals surface area contributed by atoms with Crippen LogP contribution < -0.4 is 14.8 Å². The monoisotopic (exact) mass is 491 g/mol. The first-order valence-electron chi connectivity index (χ1n) is 12.3. The van der Waals surface area contributed by atoms with Crippen molar-refractivity contribution in [1.29, 1.82) is 0 Å². The van der Waals surface area contributed by atoms with Crippen molar-refractivity contribution < 1.29 is 18.7 Å². The van der Waals surface area contributed by atoms with E-state index < -0.39 is 0 Å². The standard InChI is InChI=1S/C32H29NO4/c1-5-36-31-21(3)32-26(27(19-37-32)24-15-14-22-10-6-7-11-23(22)17-24)18-25(31)20(2)16-30(34)33-28-12-8-9-13-29(28)35-4/h6-19H,5H2,1-4H3,(H,33,34)/b20-16+. The van der Waals surface area contributed by atoms with E-state index in [0.29, 0.717) is 23.8 Å². The van der Waals surface area contributed by atoms with E-state index in [1.165, 1.54) is 10.8 Å². The van der Waals surface area contributed by atoms with Crippen LogP contribution in [0.5, 0.6) is 11.5 Å². The van der Waals surface area contributed by atoms with E-state index >= 15 is 0 Å². The van der Waals surface area contributed by atoms with Gasteiger partial charge < -0.3 is 19.2 Å². The van der Waals surface area contributed by atoms with Crippen LogP contribution in [0.25, 0.3) is 38.4 Å². The molecule has 0 aliphatic rings. The summed E-state index contributed by atoms with van der Waals surface area (Å²) in [4.78, 5) is 12.9. The van der Waals surface area contributed by atoms with Crippen LogP contribution in [0, 0.1) is 6.92 Å². The molecule has 0 aliphatic carbocycles. The Balaban J connectivity index is 1.58. The topological polar surface area (TPSA) is 60.7 Å². The van der Waals surface area contributed by atoms with Crippen LogP contribution in [0.15, 0.2) is 89.6 Å².